The fraction of sp³-hybridized carbons (Fsp3) is 0.421. The van der Waals surface area contributed by atoms with Crippen molar-refractivity contribution >= 4 is 17.4 Å². The summed E-state index contributed by atoms with van der Waals surface area (Å²) in [6.45, 7) is 3.47. The number of non-ortho nitro benzene ring substituents is 1. The predicted octanol–water partition coefficient (Wildman–Crippen LogP) is 3.65. The number of rotatable bonds is 4. The average Bonchev–Trinajstić information content (AvgIpc) is 2.68. The third kappa shape index (κ3) is 3.75. The SMILES string of the molecule is O=[N+]([O-])c1ccc2c(c1)COC1(CCN(CCc3ccccn3)CC1)S2. The van der Waals surface area contributed by atoms with E-state index in [1.165, 1.54) is 0 Å². The zero-order valence-corrected chi connectivity index (χ0v) is 15.3. The number of pyridine rings is 1. The Labute approximate surface area is 156 Å². The summed E-state index contributed by atoms with van der Waals surface area (Å²) in [5, 5.41) is 10.9. The summed E-state index contributed by atoms with van der Waals surface area (Å²) < 4.78 is 6.18. The van der Waals surface area contributed by atoms with Gasteiger partial charge in [0.1, 0.15) is 4.93 Å². The van der Waals surface area contributed by atoms with Crippen molar-refractivity contribution in [3.8, 4) is 0 Å². The molecule has 3 heterocycles. The normalized spacial score (nSPS) is 19.2. The van der Waals surface area contributed by atoms with Crippen LogP contribution >= 0.6 is 11.8 Å². The smallest absolute Gasteiger partial charge is 0.269 e. The molecule has 0 atom stereocenters. The molecule has 0 bridgehead atoms. The highest BCUT2D eigenvalue weighted by Gasteiger charge is 2.40. The molecule has 4 rings (SSSR count). The molecule has 2 aliphatic heterocycles. The van der Waals surface area contributed by atoms with Gasteiger partial charge in [-0.05, 0) is 36.6 Å². The molecule has 136 valence electrons. The van der Waals surface area contributed by atoms with Gasteiger partial charge in [-0.15, -0.1) is 0 Å². The molecular formula is C19H21N3O3S. The van der Waals surface area contributed by atoms with Gasteiger partial charge in [-0.25, -0.2) is 0 Å². The second-order valence-electron chi connectivity index (χ2n) is 6.76. The van der Waals surface area contributed by atoms with Gasteiger partial charge < -0.3 is 9.64 Å². The lowest BCUT2D eigenvalue weighted by molar-refractivity contribution is -0.385. The van der Waals surface area contributed by atoms with Crippen molar-refractivity contribution in [1.29, 1.82) is 0 Å². The number of nitrogens with zero attached hydrogens (tertiary/aromatic N) is 3. The van der Waals surface area contributed by atoms with Gasteiger partial charge in [0.15, 0.2) is 0 Å². The Balaban J connectivity index is 1.35. The van der Waals surface area contributed by atoms with Crippen LogP contribution in [0.5, 0.6) is 0 Å². The molecule has 6 nitrogen and oxygen atoms in total. The molecule has 1 saturated heterocycles. The first kappa shape index (κ1) is 17.5. The highest BCUT2D eigenvalue weighted by atomic mass is 32.2. The van der Waals surface area contributed by atoms with Crippen LogP contribution in [0.25, 0.3) is 0 Å². The van der Waals surface area contributed by atoms with Gasteiger partial charge >= 0.3 is 0 Å². The maximum Gasteiger partial charge on any atom is 0.269 e. The molecule has 1 aromatic heterocycles. The maximum atomic E-state index is 10.9. The molecule has 1 spiro atoms. The Bertz CT molecular complexity index is 792. The lowest BCUT2D eigenvalue weighted by Gasteiger charge is -2.43. The van der Waals surface area contributed by atoms with Gasteiger partial charge in [-0.3, -0.25) is 15.1 Å². The average molecular weight is 371 g/mol. The minimum absolute atomic E-state index is 0.133. The zero-order chi connectivity index (χ0) is 18.0. The Morgan fingerprint density at radius 2 is 2.12 bits per heavy atom. The molecule has 7 heteroatoms. The largest absolute Gasteiger partial charge is 0.359 e. The van der Waals surface area contributed by atoms with E-state index in [4.69, 9.17) is 4.74 Å². The van der Waals surface area contributed by atoms with Crippen molar-refractivity contribution in [3.63, 3.8) is 0 Å². The summed E-state index contributed by atoms with van der Waals surface area (Å²) in [4.78, 5) is 18.4. The molecule has 1 aromatic carbocycles. The summed E-state index contributed by atoms with van der Waals surface area (Å²) in [7, 11) is 0. The number of fused-ring (bicyclic) bond motifs is 1. The first-order valence-electron chi connectivity index (χ1n) is 8.86. The molecule has 0 amide bonds. The number of ether oxygens (including phenoxy) is 1. The number of nitro benzene ring substituents is 1. The molecule has 0 unspecified atom stereocenters. The van der Waals surface area contributed by atoms with Crippen molar-refractivity contribution in [3.05, 3.63) is 64.0 Å². The van der Waals surface area contributed by atoms with E-state index >= 15 is 0 Å². The molecule has 0 saturated carbocycles. The van der Waals surface area contributed by atoms with Gasteiger partial charge in [0.05, 0.1) is 11.5 Å². The van der Waals surface area contributed by atoms with E-state index in [2.05, 4.69) is 16.0 Å². The molecule has 2 aromatic rings. The monoisotopic (exact) mass is 371 g/mol. The van der Waals surface area contributed by atoms with Crippen LogP contribution in [-0.4, -0.2) is 39.4 Å². The van der Waals surface area contributed by atoms with Crippen molar-refractivity contribution < 1.29 is 9.66 Å². The second kappa shape index (κ2) is 7.34. The number of aromatic nitrogens is 1. The zero-order valence-electron chi connectivity index (χ0n) is 14.5. The van der Waals surface area contributed by atoms with Crippen LogP contribution in [0.15, 0.2) is 47.5 Å². The van der Waals surface area contributed by atoms with E-state index in [0.717, 1.165) is 55.0 Å². The number of benzene rings is 1. The van der Waals surface area contributed by atoms with E-state index in [0.29, 0.717) is 6.61 Å². The molecule has 0 aliphatic carbocycles. The highest BCUT2D eigenvalue weighted by Crippen LogP contribution is 2.47. The Kier molecular flexibility index (Phi) is 4.93. The summed E-state index contributed by atoms with van der Waals surface area (Å²) in [5.74, 6) is 0. The maximum absolute atomic E-state index is 10.9. The van der Waals surface area contributed by atoms with E-state index in [1.54, 1.807) is 23.9 Å². The standard InChI is InChI=1S/C19H21N3O3S/c23-22(24)17-4-5-18-15(13-17)14-25-19(26-18)7-11-21(12-8-19)10-6-16-3-1-2-9-20-16/h1-5,9,13H,6-8,10-12,14H2. The molecule has 0 N–H and O–H groups in total. The predicted molar refractivity (Wildman–Crippen MR) is 100 cm³/mol. The fourth-order valence-electron chi connectivity index (χ4n) is 3.51. The highest BCUT2D eigenvalue weighted by molar-refractivity contribution is 8.00. The molecule has 1 fully saturated rings. The lowest BCUT2D eigenvalue weighted by atomic mass is 10.1. The van der Waals surface area contributed by atoms with Crippen molar-refractivity contribution in [2.45, 2.75) is 35.7 Å². The Morgan fingerprint density at radius 3 is 2.85 bits per heavy atom. The molecule has 26 heavy (non-hydrogen) atoms. The number of likely N-dealkylation sites (tertiary alicyclic amines) is 1. The number of thioether (sulfide) groups is 1. The van der Waals surface area contributed by atoms with Crippen LogP contribution in [0.1, 0.15) is 24.1 Å². The van der Waals surface area contributed by atoms with Gasteiger partial charge in [-0.1, -0.05) is 17.8 Å². The Morgan fingerprint density at radius 1 is 1.27 bits per heavy atom. The van der Waals surface area contributed by atoms with E-state index in [1.807, 2.05) is 24.4 Å². The van der Waals surface area contributed by atoms with Gasteiger partial charge in [0, 0.05) is 55.0 Å². The quantitative estimate of drug-likeness (QED) is 0.604. The lowest BCUT2D eigenvalue weighted by Crippen LogP contribution is -2.45. The fourth-order valence-corrected chi connectivity index (χ4v) is 4.80. The van der Waals surface area contributed by atoms with E-state index in [9.17, 15) is 10.1 Å². The van der Waals surface area contributed by atoms with Crippen LogP contribution < -0.4 is 0 Å². The number of hydrogen-bond acceptors (Lipinski definition) is 6. The second-order valence-corrected chi connectivity index (χ2v) is 8.15. The minimum atomic E-state index is -0.352. The topological polar surface area (TPSA) is 68.5 Å². The third-order valence-corrected chi connectivity index (χ3v) is 6.59. The number of hydrogen-bond donors (Lipinski definition) is 0. The van der Waals surface area contributed by atoms with Crippen molar-refractivity contribution in [2.75, 3.05) is 19.6 Å². The molecule has 0 radical (unpaired) electrons. The Hall–Kier alpha value is -1.96. The first-order chi connectivity index (χ1) is 12.6. The van der Waals surface area contributed by atoms with Crippen molar-refractivity contribution in [2.24, 2.45) is 0 Å². The first-order valence-corrected chi connectivity index (χ1v) is 9.68. The number of piperidine rings is 1. The van der Waals surface area contributed by atoms with Gasteiger partial charge in [-0.2, -0.15) is 0 Å². The van der Waals surface area contributed by atoms with Crippen LogP contribution in [-0.2, 0) is 17.8 Å². The van der Waals surface area contributed by atoms with Crippen LogP contribution in [0.3, 0.4) is 0 Å². The van der Waals surface area contributed by atoms with Crippen molar-refractivity contribution in [1.82, 2.24) is 9.88 Å². The summed E-state index contributed by atoms with van der Waals surface area (Å²) in [5.41, 5.74) is 2.19. The molecule has 2 aliphatic rings. The summed E-state index contributed by atoms with van der Waals surface area (Å²) in [6.07, 6.45) is 4.75. The summed E-state index contributed by atoms with van der Waals surface area (Å²) in [6, 6.07) is 11.1. The van der Waals surface area contributed by atoms with Crippen LogP contribution in [0, 0.1) is 10.1 Å². The van der Waals surface area contributed by atoms with Gasteiger partial charge in [0.25, 0.3) is 5.69 Å². The minimum Gasteiger partial charge on any atom is -0.359 e. The number of nitro groups is 1. The summed E-state index contributed by atoms with van der Waals surface area (Å²) >= 11 is 1.73. The van der Waals surface area contributed by atoms with E-state index < -0.39 is 0 Å². The van der Waals surface area contributed by atoms with Crippen LogP contribution in [0.4, 0.5) is 5.69 Å². The van der Waals surface area contributed by atoms with E-state index in [-0.39, 0.29) is 15.5 Å². The van der Waals surface area contributed by atoms with Gasteiger partial charge in [0.2, 0.25) is 0 Å². The van der Waals surface area contributed by atoms with Crippen LogP contribution in [0.2, 0.25) is 0 Å². The molecular weight excluding hydrogens is 350 g/mol. The third-order valence-electron chi connectivity index (χ3n) is 5.07.